The van der Waals surface area contributed by atoms with Crippen LogP contribution in [-0.4, -0.2) is 59.6 Å². The molecular formula is C26H31F3N2O5. The molecular weight excluding hydrogens is 477 g/mol. The zero-order valence-electron chi connectivity index (χ0n) is 20.6. The first-order valence-electron chi connectivity index (χ1n) is 11.7. The fourth-order valence-corrected chi connectivity index (χ4v) is 3.81. The molecule has 1 aliphatic heterocycles. The van der Waals surface area contributed by atoms with Gasteiger partial charge in [0, 0.05) is 19.5 Å². The number of ether oxygens (including phenoxy) is 3. The minimum absolute atomic E-state index is 0.0464. The molecule has 36 heavy (non-hydrogen) atoms. The summed E-state index contributed by atoms with van der Waals surface area (Å²) in [6.45, 7) is 6.27. The summed E-state index contributed by atoms with van der Waals surface area (Å²) in [5.74, 6) is -0.680. The smallest absolute Gasteiger partial charge is 0.444 e. The van der Waals surface area contributed by atoms with Crippen molar-refractivity contribution in [2.75, 3.05) is 19.8 Å². The van der Waals surface area contributed by atoms with Gasteiger partial charge in [-0.2, -0.15) is 0 Å². The van der Waals surface area contributed by atoms with Gasteiger partial charge in [0.05, 0.1) is 6.61 Å². The van der Waals surface area contributed by atoms with E-state index < -0.39 is 24.1 Å². The number of halogens is 3. The molecule has 0 spiro atoms. The van der Waals surface area contributed by atoms with Crippen LogP contribution < -0.4 is 4.74 Å². The number of hydrogen-bond acceptors (Lipinski definition) is 5. The van der Waals surface area contributed by atoms with Crippen LogP contribution in [0, 0.1) is 0 Å². The Labute approximate surface area is 208 Å². The lowest BCUT2D eigenvalue weighted by Crippen LogP contribution is -2.51. The minimum Gasteiger partial charge on any atom is -0.444 e. The molecule has 1 fully saturated rings. The number of carbonyl (C=O) groups is 2. The van der Waals surface area contributed by atoms with Crippen LogP contribution >= 0.6 is 0 Å². The van der Waals surface area contributed by atoms with Crippen LogP contribution in [0.1, 0.15) is 38.3 Å². The number of amides is 2. The van der Waals surface area contributed by atoms with E-state index in [1.165, 1.54) is 29.2 Å². The monoisotopic (exact) mass is 508 g/mol. The van der Waals surface area contributed by atoms with Gasteiger partial charge in [-0.3, -0.25) is 9.69 Å². The van der Waals surface area contributed by atoms with Gasteiger partial charge < -0.3 is 19.1 Å². The minimum atomic E-state index is -4.80. The molecule has 10 heteroatoms. The standard InChI is InChI=1S/C26H31F3N2O5/c1-25(2,3)36-24(33)31-15-7-14-30(18-34-17-20-8-5-4-6-9-20)23(32)22(31)16-19-10-12-21(13-11-19)35-26(27,28)29/h4-6,8-13,22H,7,14-18H2,1-3H3. The third-order valence-corrected chi connectivity index (χ3v) is 5.37. The first-order chi connectivity index (χ1) is 16.9. The average molecular weight is 509 g/mol. The summed E-state index contributed by atoms with van der Waals surface area (Å²) in [6, 6.07) is 13.9. The summed E-state index contributed by atoms with van der Waals surface area (Å²) in [4.78, 5) is 29.5. The molecule has 7 nitrogen and oxygen atoms in total. The van der Waals surface area contributed by atoms with Crippen molar-refractivity contribution in [3.05, 3.63) is 65.7 Å². The molecule has 2 aromatic carbocycles. The van der Waals surface area contributed by atoms with Crippen LogP contribution in [0.4, 0.5) is 18.0 Å². The third-order valence-electron chi connectivity index (χ3n) is 5.37. The summed E-state index contributed by atoms with van der Waals surface area (Å²) in [6.07, 6.45) is -4.80. The van der Waals surface area contributed by atoms with Gasteiger partial charge >= 0.3 is 12.5 Å². The second-order valence-electron chi connectivity index (χ2n) is 9.50. The molecule has 1 atom stereocenters. The molecule has 1 saturated heterocycles. The quantitative estimate of drug-likeness (QED) is 0.518. The summed E-state index contributed by atoms with van der Waals surface area (Å²) < 4.78 is 52.7. The van der Waals surface area contributed by atoms with Gasteiger partial charge in [0.2, 0.25) is 5.91 Å². The van der Waals surface area contributed by atoms with E-state index in [0.717, 1.165) is 5.56 Å². The van der Waals surface area contributed by atoms with E-state index in [9.17, 15) is 22.8 Å². The highest BCUT2D eigenvalue weighted by atomic mass is 19.4. The lowest BCUT2D eigenvalue weighted by atomic mass is 10.0. The fourth-order valence-electron chi connectivity index (χ4n) is 3.81. The van der Waals surface area contributed by atoms with Crippen LogP contribution in [0.3, 0.4) is 0 Å². The molecule has 1 aliphatic rings. The molecule has 3 rings (SSSR count). The Balaban J connectivity index is 1.76. The van der Waals surface area contributed by atoms with E-state index in [4.69, 9.17) is 9.47 Å². The van der Waals surface area contributed by atoms with Crippen molar-refractivity contribution in [1.29, 1.82) is 0 Å². The molecule has 0 bridgehead atoms. The Bertz CT molecular complexity index is 1010. The lowest BCUT2D eigenvalue weighted by molar-refractivity contribution is -0.274. The van der Waals surface area contributed by atoms with Gasteiger partial charge in [-0.15, -0.1) is 13.2 Å². The van der Waals surface area contributed by atoms with Gasteiger partial charge in [-0.1, -0.05) is 42.5 Å². The Morgan fingerprint density at radius 2 is 1.64 bits per heavy atom. The van der Waals surface area contributed by atoms with Gasteiger partial charge in [0.1, 0.15) is 24.1 Å². The maximum Gasteiger partial charge on any atom is 0.573 e. The Hall–Kier alpha value is -3.27. The second-order valence-corrected chi connectivity index (χ2v) is 9.50. The highest BCUT2D eigenvalue weighted by Crippen LogP contribution is 2.25. The number of rotatable bonds is 7. The van der Waals surface area contributed by atoms with Crippen molar-refractivity contribution in [2.45, 2.75) is 58.2 Å². The number of benzene rings is 2. The van der Waals surface area contributed by atoms with Crippen molar-refractivity contribution in [3.63, 3.8) is 0 Å². The molecule has 0 aliphatic carbocycles. The molecule has 0 radical (unpaired) electrons. The predicted molar refractivity (Wildman–Crippen MR) is 126 cm³/mol. The van der Waals surface area contributed by atoms with Crippen LogP contribution in [0.15, 0.2) is 54.6 Å². The van der Waals surface area contributed by atoms with E-state index in [0.29, 0.717) is 25.1 Å². The van der Waals surface area contributed by atoms with Crippen molar-refractivity contribution in [1.82, 2.24) is 9.80 Å². The van der Waals surface area contributed by atoms with E-state index in [2.05, 4.69) is 4.74 Å². The summed E-state index contributed by atoms with van der Waals surface area (Å²) in [5, 5.41) is 0. The van der Waals surface area contributed by atoms with Gasteiger partial charge in [0.25, 0.3) is 0 Å². The van der Waals surface area contributed by atoms with Gasteiger partial charge in [-0.25, -0.2) is 4.79 Å². The zero-order chi connectivity index (χ0) is 26.3. The third kappa shape index (κ3) is 8.44. The van der Waals surface area contributed by atoms with E-state index in [1.54, 1.807) is 25.7 Å². The summed E-state index contributed by atoms with van der Waals surface area (Å²) >= 11 is 0. The maximum atomic E-state index is 13.6. The molecule has 2 aromatic rings. The number of carbonyl (C=O) groups excluding carboxylic acids is 2. The molecule has 196 valence electrons. The van der Waals surface area contributed by atoms with E-state index in [-0.39, 0.29) is 31.4 Å². The molecule has 1 unspecified atom stereocenters. The summed E-state index contributed by atoms with van der Waals surface area (Å²) in [7, 11) is 0. The van der Waals surface area contributed by atoms with E-state index in [1.807, 2.05) is 30.3 Å². The molecule has 2 amide bonds. The molecule has 0 aromatic heterocycles. The van der Waals surface area contributed by atoms with Gasteiger partial charge in [-0.05, 0) is 50.5 Å². The number of alkyl halides is 3. The van der Waals surface area contributed by atoms with Crippen molar-refractivity contribution in [3.8, 4) is 5.75 Å². The number of nitrogens with zero attached hydrogens (tertiary/aromatic N) is 2. The average Bonchev–Trinajstić information content (AvgIpc) is 2.93. The van der Waals surface area contributed by atoms with Gasteiger partial charge in [0.15, 0.2) is 0 Å². The normalized spacial score (nSPS) is 17.1. The number of hydrogen-bond donors (Lipinski definition) is 0. The van der Waals surface area contributed by atoms with Crippen LogP contribution in [0.5, 0.6) is 5.75 Å². The lowest BCUT2D eigenvalue weighted by Gasteiger charge is -2.32. The van der Waals surface area contributed by atoms with Crippen LogP contribution in [0.25, 0.3) is 0 Å². The maximum absolute atomic E-state index is 13.6. The van der Waals surface area contributed by atoms with Crippen LogP contribution in [-0.2, 0) is 27.3 Å². The first kappa shape index (κ1) is 27.3. The fraction of sp³-hybridized carbons (Fsp3) is 0.462. The molecule has 1 heterocycles. The highest BCUT2D eigenvalue weighted by Gasteiger charge is 2.38. The first-order valence-corrected chi connectivity index (χ1v) is 11.7. The Kier molecular flexibility index (Phi) is 8.84. The van der Waals surface area contributed by atoms with Crippen LogP contribution in [0.2, 0.25) is 0 Å². The Morgan fingerprint density at radius 3 is 2.25 bits per heavy atom. The van der Waals surface area contributed by atoms with Crippen molar-refractivity contribution in [2.24, 2.45) is 0 Å². The predicted octanol–water partition coefficient (Wildman–Crippen LogP) is 5.14. The molecule has 0 N–H and O–H groups in total. The zero-order valence-corrected chi connectivity index (χ0v) is 20.6. The van der Waals surface area contributed by atoms with Crippen molar-refractivity contribution >= 4 is 12.0 Å². The SMILES string of the molecule is CC(C)(C)OC(=O)N1CCCN(COCc2ccccc2)C(=O)C1Cc1ccc(OC(F)(F)F)cc1. The topological polar surface area (TPSA) is 68.3 Å². The Morgan fingerprint density at radius 1 is 0.972 bits per heavy atom. The largest absolute Gasteiger partial charge is 0.573 e. The second kappa shape index (κ2) is 11.6. The van der Waals surface area contributed by atoms with Crippen molar-refractivity contribution < 1.29 is 37.0 Å². The molecule has 0 saturated carbocycles. The summed E-state index contributed by atoms with van der Waals surface area (Å²) in [5.41, 5.74) is 0.780. The van der Waals surface area contributed by atoms with E-state index >= 15 is 0 Å². The highest BCUT2D eigenvalue weighted by molar-refractivity contribution is 5.86.